The van der Waals surface area contributed by atoms with Gasteiger partial charge in [0.1, 0.15) is 11.5 Å². The highest BCUT2D eigenvalue weighted by Gasteiger charge is 2.10. The smallest absolute Gasteiger partial charge is 0.338 e. The molecule has 1 N–H and O–H groups in total. The molecule has 0 fully saturated rings. The zero-order chi connectivity index (χ0) is 20.6. The Bertz CT molecular complexity index is 1030. The second-order valence-corrected chi connectivity index (χ2v) is 6.54. The molecular weight excluding hydrogens is 392 g/mol. The van der Waals surface area contributed by atoms with Crippen LogP contribution in [0.5, 0.6) is 0 Å². The number of nitrogens with zero attached hydrogens (tertiary/aromatic N) is 1. The van der Waals surface area contributed by atoms with Crippen LogP contribution in [0.2, 0.25) is 5.02 Å². The molecule has 0 spiro atoms. The molecule has 0 aliphatic carbocycles. The van der Waals surface area contributed by atoms with Crippen LogP contribution in [0.3, 0.4) is 0 Å². The van der Waals surface area contributed by atoms with E-state index in [0.29, 0.717) is 28.7 Å². The van der Waals surface area contributed by atoms with Crippen molar-refractivity contribution in [1.29, 1.82) is 0 Å². The fourth-order valence-electron chi connectivity index (χ4n) is 2.59. The average Bonchev–Trinajstić information content (AvgIpc) is 3.19. The van der Waals surface area contributed by atoms with E-state index < -0.39 is 0 Å². The number of rotatable bonds is 7. The van der Waals surface area contributed by atoms with Gasteiger partial charge in [0.2, 0.25) is 5.91 Å². The molecule has 3 aromatic rings. The molecule has 0 atom stereocenters. The van der Waals surface area contributed by atoms with Gasteiger partial charge in [-0.05, 0) is 48.9 Å². The van der Waals surface area contributed by atoms with Crippen LogP contribution < -0.4 is 5.43 Å². The Hall–Kier alpha value is -3.38. The molecule has 3 rings (SSSR count). The number of amides is 1. The van der Waals surface area contributed by atoms with Crippen molar-refractivity contribution in [1.82, 2.24) is 5.43 Å². The van der Waals surface area contributed by atoms with E-state index in [2.05, 4.69) is 10.5 Å². The lowest BCUT2D eigenvalue weighted by Crippen LogP contribution is -2.19. The number of ether oxygens (including phenoxy) is 1. The number of furan rings is 1. The molecule has 0 unspecified atom stereocenters. The summed E-state index contributed by atoms with van der Waals surface area (Å²) in [7, 11) is 0. The van der Waals surface area contributed by atoms with Crippen molar-refractivity contribution in [3.05, 3.63) is 82.6 Å². The summed E-state index contributed by atoms with van der Waals surface area (Å²) < 4.78 is 10.7. The molecule has 2 aromatic carbocycles. The third-order valence-corrected chi connectivity index (χ3v) is 4.20. The van der Waals surface area contributed by atoms with Crippen molar-refractivity contribution in [3.8, 4) is 11.3 Å². The van der Waals surface area contributed by atoms with E-state index in [4.69, 9.17) is 20.8 Å². The summed E-state index contributed by atoms with van der Waals surface area (Å²) in [5, 5.41) is 4.53. The van der Waals surface area contributed by atoms with Crippen LogP contribution in [-0.4, -0.2) is 24.7 Å². The lowest BCUT2D eigenvalue weighted by Gasteiger charge is -2.03. The first-order chi connectivity index (χ1) is 14.0. The predicted molar refractivity (Wildman–Crippen MR) is 111 cm³/mol. The molecule has 148 valence electrons. The number of hydrogen-bond acceptors (Lipinski definition) is 5. The highest BCUT2D eigenvalue weighted by Crippen LogP contribution is 2.23. The number of halogens is 1. The largest absolute Gasteiger partial charge is 0.462 e. The van der Waals surface area contributed by atoms with Gasteiger partial charge in [0, 0.05) is 10.6 Å². The maximum absolute atomic E-state index is 11.9. The summed E-state index contributed by atoms with van der Waals surface area (Å²) in [5.41, 5.74) is 4.48. The second kappa shape index (κ2) is 9.71. The van der Waals surface area contributed by atoms with Gasteiger partial charge < -0.3 is 9.15 Å². The summed E-state index contributed by atoms with van der Waals surface area (Å²) in [5.74, 6) is 0.405. The number of carbonyl (C=O) groups excluding carboxylic acids is 2. The van der Waals surface area contributed by atoms with Gasteiger partial charge in [0.25, 0.3) is 0 Å². The fraction of sp³-hybridized carbons (Fsp3) is 0.136. The Kier molecular flexibility index (Phi) is 6.81. The standard InChI is InChI=1S/C22H19ClN2O4/c1-2-28-22(27)17-5-3-4-16(13-17)20-11-10-19(29-20)14-24-25-21(26)12-15-6-8-18(23)9-7-15/h3-11,13-14H,2,12H2,1H3,(H,25,26)/b24-14-. The Labute approximate surface area is 173 Å². The molecule has 0 radical (unpaired) electrons. The number of carbonyl (C=O) groups is 2. The van der Waals surface area contributed by atoms with Gasteiger partial charge in [0.05, 0.1) is 24.8 Å². The highest BCUT2D eigenvalue weighted by atomic mass is 35.5. The minimum atomic E-state index is -0.383. The van der Waals surface area contributed by atoms with Crippen LogP contribution in [0, 0.1) is 0 Å². The molecule has 29 heavy (non-hydrogen) atoms. The maximum atomic E-state index is 11.9. The first-order valence-corrected chi connectivity index (χ1v) is 9.36. The minimum Gasteiger partial charge on any atom is -0.462 e. The van der Waals surface area contributed by atoms with E-state index in [9.17, 15) is 9.59 Å². The topological polar surface area (TPSA) is 80.9 Å². The molecular formula is C22H19ClN2O4. The number of benzene rings is 2. The quantitative estimate of drug-likeness (QED) is 0.354. The van der Waals surface area contributed by atoms with Crippen LogP contribution in [-0.2, 0) is 16.0 Å². The highest BCUT2D eigenvalue weighted by molar-refractivity contribution is 6.30. The first-order valence-electron chi connectivity index (χ1n) is 8.99. The third-order valence-electron chi connectivity index (χ3n) is 3.94. The van der Waals surface area contributed by atoms with Gasteiger partial charge in [-0.3, -0.25) is 4.79 Å². The predicted octanol–water partition coefficient (Wildman–Crippen LogP) is 4.47. The maximum Gasteiger partial charge on any atom is 0.338 e. The zero-order valence-corrected chi connectivity index (χ0v) is 16.5. The van der Waals surface area contributed by atoms with Gasteiger partial charge in [0.15, 0.2) is 0 Å². The van der Waals surface area contributed by atoms with Crippen molar-refractivity contribution in [2.45, 2.75) is 13.3 Å². The van der Waals surface area contributed by atoms with Gasteiger partial charge in [-0.2, -0.15) is 5.10 Å². The fourth-order valence-corrected chi connectivity index (χ4v) is 2.71. The lowest BCUT2D eigenvalue weighted by molar-refractivity contribution is -0.120. The van der Waals surface area contributed by atoms with Crippen LogP contribution >= 0.6 is 11.6 Å². The molecule has 1 amide bonds. The number of hydrogen-bond donors (Lipinski definition) is 1. The summed E-state index contributed by atoms with van der Waals surface area (Å²) in [6.07, 6.45) is 1.61. The molecule has 0 aliphatic rings. The van der Waals surface area contributed by atoms with Crippen LogP contribution in [0.25, 0.3) is 11.3 Å². The summed E-state index contributed by atoms with van der Waals surface area (Å²) in [4.78, 5) is 23.8. The van der Waals surface area contributed by atoms with Crippen LogP contribution in [0.4, 0.5) is 0 Å². The van der Waals surface area contributed by atoms with Gasteiger partial charge in [-0.1, -0.05) is 35.9 Å². The molecule has 0 saturated carbocycles. The van der Waals surface area contributed by atoms with Crippen molar-refractivity contribution in [3.63, 3.8) is 0 Å². The molecule has 6 nitrogen and oxygen atoms in total. The van der Waals surface area contributed by atoms with E-state index in [1.807, 2.05) is 6.07 Å². The normalized spacial score (nSPS) is 10.8. The van der Waals surface area contributed by atoms with Crippen LogP contribution in [0.15, 0.2) is 70.2 Å². The number of esters is 1. The molecule has 1 aromatic heterocycles. The Morgan fingerprint density at radius 3 is 2.69 bits per heavy atom. The average molecular weight is 411 g/mol. The van der Waals surface area contributed by atoms with Crippen molar-refractivity contribution >= 4 is 29.7 Å². The molecule has 0 bridgehead atoms. The van der Waals surface area contributed by atoms with Crippen molar-refractivity contribution in [2.75, 3.05) is 6.61 Å². The Balaban J connectivity index is 1.60. The van der Waals surface area contributed by atoms with Gasteiger partial charge >= 0.3 is 5.97 Å². The molecule has 1 heterocycles. The summed E-state index contributed by atoms with van der Waals surface area (Å²) in [6, 6.07) is 17.5. The van der Waals surface area contributed by atoms with E-state index >= 15 is 0 Å². The zero-order valence-electron chi connectivity index (χ0n) is 15.7. The SMILES string of the molecule is CCOC(=O)c1cccc(-c2ccc(/C=N\NC(=O)Cc3ccc(Cl)cc3)o2)c1. The number of hydrazone groups is 1. The van der Waals surface area contributed by atoms with E-state index in [-0.39, 0.29) is 18.3 Å². The third kappa shape index (κ3) is 5.80. The molecule has 0 aliphatic heterocycles. The Morgan fingerprint density at radius 1 is 1.14 bits per heavy atom. The van der Waals surface area contributed by atoms with Gasteiger partial charge in [-0.15, -0.1) is 0 Å². The van der Waals surface area contributed by atoms with Crippen molar-refractivity contribution < 1.29 is 18.7 Å². The van der Waals surface area contributed by atoms with E-state index in [1.165, 1.54) is 6.21 Å². The molecule has 0 saturated heterocycles. The lowest BCUT2D eigenvalue weighted by atomic mass is 10.1. The monoisotopic (exact) mass is 410 g/mol. The summed E-state index contributed by atoms with van der Waals surface area (Å²) in [6.45, 7) is 2.07. The first kappa shape index (κ1) is 20.4. The number of nitrogens with one attached hydrogen (secondary N) is 1. The van der Waals surface area contributed by atoms with Gasteiger partial charge in [-0.25, -0.2) is 10.2 Å². The second-order valence-electron chi connectivity index (χ2n) is 6.10. The minimum absolute atomic E-state index is 0.193. The van der Waals surface area contributed by atoms with E-state index in [1.54, 1.807) is 61.5 Å². The Morgan fingerprint density at radius 2 is 1.93 bits per heavy atom. The summed E-state index contributed by atoms with van der Waals surface area (Å²) >= 11 is 5.83. The molecule has 7 heteroatoms. The van der Waals surface area contributed by atoms with Crippen molar-refractivity contribution in [2.24, 2.45) is 5.10 Å². The van der Waals surface area contributed by atoms with Crippen LogP contribution in [0.1, 0.15) is 28.6 Å². The van der Waals surface area contributed by atoms with E-state index in [0.717, 1.165) is 11.1 Å².